The van der Waals surface area contributed by atoms with Crippen LogP contribution in [-0.4, -0.2) is 48.1 Å². The molecule has 1 atom stereocenters. The Kier molecular flexibility index (Phi) is 8.70. The van der Waals surface area contributed by atoms with Crippen LogP contribution in [0.3, 0.4) is 0 Å². The summed E-state index contributed by atoms with van der Waals surface area (Å²) in [6.45, 7) is 7.43. The van der Waals surface area contributed by atoms with Crippen molar-refractivity contribution in [1.29, 1.82) is 0 Å². The number of benzene rings is 1. The Bertz CT molecular complexity index is 742. The van der Waals surface area contributed by atoms with Gasteiger partial charge in [0.2, 0.25) is 5.91 Å². The summed E-state index contributed by atoms with van der Waals surface area (Å²) in [6, 6.07) is 12.0. The molecule has 1 saturated heterocycles. The molecule has 1 aliphatic heterocycles. The number of hydrogen-bond acceptors (Lipinski definition) is 5. The second kappa shape index (κ2) is 11.0. The largest absolute Gasteiger partial charge is 0.491 e. The first-order chi connectivity index (χ1) is 13.1. The lowest BCUT2D eigenvalue weighted by atomic mass is 10.1. The summed E-state index contributed by atoms with van der Waals surface area (Å²) in [5.41, 5.74) is 2.17. The number of pyridine rings is 1. The highest BCUT2D eigenvalue weighted by molar-refractivity contribution is 5.85. The topological polar surface area (TPSA) is 66.5 Å². The van der Waals surface area contributed by atoms with E-state index in [1.807, 2.05) is 50.4 Å². The van der Waals surface area contributed by atoms with E-state index in [0.717, 1.165) is 36.5 Å². The molecular formula is C21H29ClN4O2. The third-order valence-electron chi connectivity index (χ3n) is 4.53. The summed E-state index contributed by atoms with van der Waals surface area (Å²) in [6.07, 6.45) is 3.78. The van der Waals surface area contributed by atoms with Crippen LogP contribution in [0, 0.1) is 0 Å². The molecule has 3 rings (SSSR count). The number of aromatic nitrogens is 1. The number of nitrogens with zero attached hydrogens (tertiary/aromatic N) is 2. The van der Waals surface area contributed by atoms with Crippen molar-refractivity contribution in [1.82, 2.24) is 20.5 Å². The number of ether oxygens (including phenoxy) is 1. The zero-order valence-electron chi connectivity index (χ0n) is 16.4. The highest BCUT2D eigenvalue weighted by Gasteiger charge is 2.25. The van der Waals surface area contributed by atoms with Crippen LogP contribution in [0.1, 0.15) is 31.0 Å². The highest BCUT2D eigenvalue weighted by atomic mass is 35.5. The molecule has 0 aliphatic carbocycles. The van der Waals surface area contributed by atoms with Crippen LogP contribution in [0.2, 0.25) is 0 Å². The van der Waals surface area contributed by atoms with Crippen molar-refractivity contribution in [3.63, 3.8) is 0 Å². The third-order valence-corrected chi connectivity index (χ3v) is 4.53. The van der Waals surface area contributed by atoms with E-state index < -0.39 is 0 Å². The zero-order chi connectivity index (χ0) is 19.1. The molecular weight excluding hydrogens is 376 g/mol. The molecule has 1 aliphatic rings. The van der Waals surface area contributed by atoms with Gasteiger partial charge in [0.25, 0.3) is 0 Å². The van der Waals surface area contributed by atoms with Gasteiger partial charge in [-0.3, -0.25) is 14.7 Å². The Hall–Kier alpha value is -2.15. The maximum atomic E-state index is 12.5. The van der Waals surface area contributed by atoms with Gasteiger partial charge >= 0.3 is 0 Å². The zero-order valence-corrected chi connectivity index (χ0v) is 17.2. The van der Waals surface area contributed by atoms with Crippen LogP contribution in [-0.2, 0) is 11.3 Å². The number of carbonyl (C=O) groups excluding carboxylic acids is 1. The minimum atomic E-state index is 0. The van der Waals surface area contributed by atoms with Crippen molar-refractivity contribution < 1.29 is 9.53 Å². The average molecular weight is 405 g/mol. The molecule has 2 N–H and O–H groups in total. The fourth-order valence-corrected chi connectivity index (χ4v) is 3.28. The number of carbonyl (C=O) groups is 1. The SMILES string of the molecule is CC(C)Oc1cccc(CNC(=O)CN2CCNCC2c2cccnc2)c1.Cl. The minimum absolute atomic E-state index is 0. The molecule has 1 fully saturated rings. The predicted molar refractivity (Wildman–Crippen MR) is 113 cm³/mol. The standard InChI is InChI=1S/C21H28N4O2.ClH/c1-16(2)27-19-7-3-5-17(11-19)12-24-21(26)15-25-10-9-23-14-20(25)18-6-4-8-22-13-18;/h3-8,11,13,16,20,23H,9-10,12,14-15H2,1-2H3,(H,24,26);1H. The molecule has 1 aromatic heterocycles. The van der Waals surface area contributed by atoms with Gasteiger partial charge in [-0.15, -0.1) is 12.4 Å². The smallest absolute Gasteiger partial charge is 0.234 e. The second-order valence-corrected chi connectivity index (χ2v) is 7.07. The van der Waals surface area contributed by atoms with Gasteiger partial charge in [-0.2, -0.15) is 0 Å². The van der Waals surface area contributed by atoms with Gasteiger partial charge in [0.15, 0.2) is 0 Å². The van der Waals surface area contributed by atoms with E-state index in [1.165, 1.54) is 0 Å². The fourth-order valence-electron chi connectivity index (χ4n) is 3.28. The molecule has 152 valence electrons. The highest BCUT2D eigenvalue weighted by Crippen LogP contribution is 2.21. The molecule has 2 heterocycles. The normalized spacial score (nSPS) is 17.0. The Morgan fingerprint density at radius 2 is 2.21 bits per heavy atom. The minimum Gasteiger partial charge on any atom is -0.491 e. The van der Waals surface area contributed by atoms with E-state index in [4.69, 9.17) is 4.74 Å². The lowest BCUT2D eigenvalue weighted by Gasteiger charge is -2.35. The molecule has 7 heteroatoms. The average Bonchev–Trinajstić information content (AvgIpc) is 2.67. The molecule has 0 saturated carbocycles. The summed E-state index contributed by atoms with van der Waals surface area (Å²) in [5.74, 6) is 0.858. The Labute approximate surface area is 173 Å². The van der Waals surface area contributed by atoms with E-state index in [-0.39, 0.29) is 30.5 Å². The summed E-state index contributed by atoms with van der Waals surface area (Å²) in [5, 5.41) is 6.43. The maximum Gasteiger partial charge on any atom is 0.234 e. The van der Waals surface area contributed by atoms with Crippen LogP contribution < -0.4 is 15.4 Å². The van der Waals surface area contributed by atoms with Gasteiger partial charge in [-0.1, -0.05) is 18.2 Å². The van der Waals surface area contributed by atoms with E-state index >= 15 is 0 Å². The summed E-state index contributed by atoms with van der Waals surface area (Å²) in [7, 11) is 0. The number of halogens is 1. The first-order valence-electron chi connectivity index (χ1n) is 9.49. The van der Waals surface area contributed by atoms with Gasteiger partial charge in [0, 0.05) is 44.6 Å². The Balaban J connectivity index is 0.00000280. The van der Waals surface area contributed by atoms with E-state index in [9.17, 15) is 4.79 Å². The Morgan fingerprint density at radius 1 is 1.36 bits per heavy atom. The van der Waals surface area contributed by atoms with Crippen LogP contribution in [0.25, 0.3) is 0 Å². The summed E-state index contributed by atoms with van der Waals surface area (Å²) in [4.78, 5) is 18.9. The molecule has 0 bridgehead atoms. The van der Waals surface area contributed by atoms with Gasteiger partial charge in [0.05, 0.1) is 12.6 Å². The molecule has 1 amide bonds. The predicted octanol–water partition coefficient (Wildman–Crippen LogP) is 2.55. The number of piperazine rings is 1. The lowest BCUT2D eigenvalue weighted by molar-refractivity contribution is -0.123. The van der Waals surface area contributed by atoms with Crippen molar-refractivity contribution in [3.8, 4) is 5.75 Å². The second-order valence-electron chi connectivity index (χ2n) is 7.07. The molecule has 28 heavy (non-hydrogen) atoms. The van der Waals surface area contributed by atoms with Crippen molar-refractivity contribution in [2.75, 3.05) is 26.2 Å². The van der Waals surface area contributed by atoms with Crippen LogP contribution >= 0.6 is 12.4 Å². The van der Waals surface area contributed by atoms with Crippen molar-refractivity contribution in [2.24, 2.45) is 0 Å². The quantitative estimate of drug-likeness (QED) is 0.742. The van der Waals surface area contributed by atoms with Crippen LogP contribution in [0.4, 0.5) is 0 Å². The monoisotopic (exact) mass is 404 g/mol. The van der Waals surface area contributed by atoms with Gasteiger partial charge in [0.1, 0.15) is 5.75 Å². The molecule has 1 unspecified atom stereocenters. The van der Waals surface area contributed by atoms with Crippen molar-refractivity contribution in [3.05, 3.63) is 59.9 Å². The molecule has 1 aromatic carbocycles. The molecule has 0 spiro atoms. The van der Waals surface area contributed by atoms with Crippen LogP contribution in [0.15, 0.2) is 48.8 Å². The summed E-state index contributed by atoms with van der Waals surface area (Å²) >= 11 is 0. The lowest BCUT2D eigenvalue weighted by Crippen LogP contribution is -2.49. The van der Waals surface area contributed by atoms with Crippen molar-refractivity contribution in [2.45, 2.75) is 32.5 Å². The first-order valence-corrected chi connectivity index (χ1v) is 9.49. The van der Waals surface area contributed by atoms with Crippen molar-refractivity contribution >= 4 is 18.3 Å². The first kappa shape index (κ1) is 22.1. The van der Waals surface area contributed by atoms with E-state index in [2.05, 4.69) is 26.6 Å². The van der Waals surface area contributed by atoms with Gasteiger partial charge < -0.3 is 15.4 Å². The third kappa shape index (κ3) is 6.48. The molecule has 2 aromatic rings. The number of nitrogens with one attached hydrogen (secondary N) is 2. The van der Waals surface area contributed by atoms with Gasteiger partial charge in [-0.05, 0) is 43.2 Å². The van der Waals surface area contributed by atoms with E-state index in [0.29, 0.717) is 13.1 Å². The summed E-state index contributed by atoms with van der Waals surface area (Å²) < 4.78 is 5.71. The maximum absolute atomic E-state index is 12.5. The number of amides is 1. The van der Waals surface area contributed by atoms with E-state index in [1.54, 1.807) is 6.20 Å². The number of rotatable bonds is 7. The number of hydrogen-bond donors (Lipinski definition) is 2. The van der Waals surface area contributed by atoms with Gasteiger partial charge in [-0.25, -0.2) is 0 Å². The molecule has 6 nitrogen and oxygen atoms in total. The molecule has 0 radical (unpaired) electrons. The Morgan fingerprint density at radius 3 is 2.96 bits per heavy atom. The fraction of sp³-hybridized carbons (Fsp3) is 0.429. The van der Waals surface area contributed by atoms with Crippen LogP contribution in [0.5, 0.6) is 5.75 Å².